The lowest BCUT2D eigenvalue weighted by Crippen LogP contribution is -2.30. The van der Waals surface area contributed by atoms with Crippen LogP contribution in [0.15, 0.2) is 0 Å². The van der Waals surface area contributed by atoms with Crippen molar-refractivity contribution in [2.24, 2.45) is 23.7 Å². The third-order valence-corrected chi connectivity index (χ3v) is 16.8. The van der Waals surface area contributed by atoms with Crippen molar-refractivity contribution in [1.82, 2.24) is 0 Å². The van der Waals surface area contributed by atoms with Crippen molar-refractivity contribution in [3.8, 4) is 0 Å². The van der Waals surface area contributed by atoms with Gasteiger partial charge in [-0.2, -0.15) is 0 Å². The highest BCUT2D eigenvalue weighted by molar-refractivity contribution is 7.47. The molecule has 0 bridgehead atoms. The number of esters is 4. The summed E-state index contributed by atoms with van der Waals surface area (Å²) in [5.74, 6) is 0.727. The Morgan fingerprint density at radius 3 is 0.855 bits per heavy atom. The van der Waals surface area contributed by atoms with Crippen LogP contribution < -0.4 is 0 Å². The fourth-order valence-electron chi connectivity index (χ4n) is 9.40. The minimum Gasteiger partial charge on any atom is -0.462 e. The zero-order valence-electron chi connectivity index (χ0n) is 53.8. The molecule has 17 nitrogen and oxygen atoms in total. The molecule has 3 N–H and O–H groups in total. The van der Waals surface area contributed by atoms with Gasteiger partial charge in [0.05, 0.1) is 26.4 Å². The highest BCUT2D eigenvalue weighted by Gasteiger charge is 2.30. The van der Waals surface area contributed by atoms with Gasteiger partial charge < -0.3 is 33.8 Å². The number of carbonyl (C=O) groups excluding carboxylic acids is 4. The average molecular weight is 1230 g/mol. The van der Waals surface area contributed by atoms with Crippen molar-refractivity contribution in [2.45, 2.75) is 324 Å². The Balaban J connectivity index is 5.25. The van der Waals surface area contributed by atoms with E-state index >= 15 is 0 Å². The number of hydrogen-bond donors (Lipinski definition) is 3. The molecule has 0 aliphatic carbocycles. The third kappa shape index (κ3) is 57.6. The molecule has 0 aromatic carbocycles. The van der Waals surface area contributed by atoms with Gasteiger partial charge in [0.25, 0.3) is 0 Å². The second kappa shape index (κ2) is 54.2. The van der Waals surface area contributed by atoms with Gasteiger partial charge in [0.2, 0.25) is 0 Å². The Labute approximate surface area is 505 Å². The molecule has 0 fully saturated rings. The number of rotatable bonds is 61. The molecule has 0 spiro atoms. The first-order chi connectivity index (χ1) is 39.6. The average Bonchev–Trinajstić information content (AvgIpc) is 3.44. The van der Waals surface area contributed by atoms with Crippen LogP contribution in [-0.2, 0) is 65.4 Å². The number of ether oxygens (including phenoxy) is 4. The van der Waals surface area contributed by atoms with Crippen molar-refractivity contribution in [1.29, 1.82) is 0 Å². The number of phosphoric ester groups is 2. The molecule has 0 rings (SSSR count). The molecule has 0 aliphatic heterocycles. The van der Waals surface area contributed by atoms with Crippen LogP contribution in [0.3, 0.4) is 0 Å². The van der Waals surface area contributed by atoms with Crippen LogP contribution in [0.5, 0.6) is 0 Å². The standard InChI is InChI=1S/C64H124O17P2/c1-9-57(8)43-35-27-21-23-31-39-47-64(69)81-60(51-75-62(67)45-37-29-22-20-26-34-42-56(6)7)53-79-83(72,73)77-49-58(65)48-76-82(70,71)78-52-59(50-74-61(66)44-36-28-19-15-17-25-33-41-55(4)5)80-63(68)46-38-30-18-14-12-10-11-13-16-24-32-40-54(2)3/h54-60,65H,9-53H2,1-8H3,(H,70,71)(H,72,73)/t57?,58-,59-,60-/m1/s1. The van der Waals surface area contributed by atoms with Gasteiger partial charge in [0.15, 0.2) is 12.2 Å². The summed E-state index contributed by atoms with van der Waals surface area (Å²) in [7, 11) is -9.89. The Bertz CT molecular complexity index is 1660. The van der Waals surface area contributed by atoms with Crippen molar-refractivity contribution in [2.75, 3.05) is 39.6 Å². The maximum absolute atomic E-state index is 13.0. The zero-order chi connectivity index (χ0) is 61.8. The van der Waals surface area contributed by atoms with Gasteiger partial charge >= 0.3 is 39.5 Å². The summed E-state index contributed by atoms with van der Waals surface area (Å²) in [5, 5.41) is 10.5. The van der Waals surface area contributed by atoms with Gasteiger partial charge in [-0.3, -0.25) is 37.3 Å². The number of hydrogen-bond acceptors (Lipinski definition) is 15. The summed E-state index contributed by atoms with van der Waals surface area (Å²) in [6, 6.07) is 0. The van der Waals surface area contributed by atoms with E-state index in [1.54, 1.807) is 0 Å². The summed E-state index contributed by atoms with van der Waals surface area (Å²) in [4.78, 5) is 72.2. The minimum atomic E-state index is -4.95. The molecule has 0 radical (unpaired) electrons. The van der Waals surface area contributed by atoms with Gasteiger partial charge in [-0.1, -0.05) is 254 Å². The van der Waals surface area contributed by atoms with E-state index in [9.17, 15) is 43.2 Å². The van der Waals surface area contributed by atoms with E-state index in [-0.39, 0.29) is 25.7 Å². The van der Waals surface area contributed by atoms with Gasteiger partial charge in [-0.05, 0) is 49.4 Å². The fourth-order valence-corrected chi connectivity index (χ4v) is 11.0. The van der Waals surface area contributed by atoms with Gasteiger partial charge in [0, 0.05) is 25.7 Å². The summed E-state index contributed by atoms with van der Waals surface area (Å²) in [5.41, 5.74) is 0. The van der Waals surface area contributed by atoms with E-state index in [4.69, 9.17) is 37.0 Å². The van der Waals surface area contributed by atoms with Gasteiger partial charge in [-0.15, -0.1) is 0 Å². The summed E-state index contributed by atoms with van der Waals surface area (Å²) in [6.45, 7) is 13.9. The number of aliphatic hydroxyl groups excluding tert-OH is 1. The first-order valence-electron chi connectivity index (χ1n) is 33.2. The second-order valence-corrected chi connectivity index (χ2v) is 27.7. The Hall–Kier alpha value is -1.94. The van der Waals surface area contributed by atoms with Gasteiger partial charge in [-0.25, -0.2) is 9.13 Å². The highest BCUT2D eigenvalue weighted by Crippen LogP contribution is 2.45. The smallest absolute Gasteiger partial charge is 0.462 e. The Morgan fingerprint density at radius 1 is 0.337 bits per heavy atom. The topological polar surface area (TPSA) is 237 Å². The molecule has 0 heterocycles. The molecule has 0 aromatic rings. The lowest BCUT2D eigenvalue weighted by Gasteiger charge is -2.21. The minimum absolute atomic E-state index is 0.101. The highest BCUT2D eigenvalue weighted by atomic mass is 31.2. The fraction of sp³-hybridized carbons (Fsp3) is 0.938. The molecule has 0 amide bonds. The van der Waals surface area contributed by atoms with E-state index < -0.39 is 97.5 Å². The van der Waals surface area contributed by atoms with Crippen LogP contribution in [0.1, 0.15) is 306 Å². The van der Waals surface area contributed by atoms with E-state index in [1.165, 1.54) is 96.3 Å². The first-order valence-corrected chi connectivity index (χ1v) is 36.2. The Kier molecular flexibility index (Phi) is 53.0. The summed E-state index contributed by atoms with van der Waals surface area (Å²) < 4.78 is 68.0. The molecule has 0 saturated heterocycles. The van der Waals surface area contributed by atoms with Gasteiger partial charge in [0.1, 0.15) is 19.3 Å². The number of phosphoric acid groups is 2. The van der Waals surface area contributed by atoms with E-state index in [2.05, 4.69) is 55.4 Å². The lowest BCUT2D eigenvalue weighted by atomic mass is 10.00. The molecule has 0 saturated carbocycles. The molecule has 0 aromatic heterocycles. The van der Waals surface area contributed by atoms with Crippen LogP contribution >= 0.6 is 15.6 Å². The largest absolute Gasteiger partial charge is 0.472 e. The predicted octanol–water partition coefficient (Wildman–Crippen LogP) is 17.4. The van der Waals surface area contributed by atoms with Crippen LogP contribution in [0.4, 0.5) is 0 Å². The SMILES string of the molecule is CCC(C)CCCCCCCCC(=O)O[C@H](COC(=O)CCCCCCCCC(C)C)COP(=O)(O)OC[C@H](O)COP(=O)(O)OC[C@@H](COC(=O)CCCCCCCCCC(C)C)OC(=O)CCCCCCCCCCCCCC(C)C. The van der Waals surface area contributed by atoms with E-state index in [0.29, 0.717) is 37.5 Å². The number of unbranched alkanes of at least 4 members (excludes halogenated alkanes) is 26. The lowest BCUT2D eigenvalue weighted by molar-refractivity contribution is -0.161. The summed E-state index contributed by atoms with van der Waals surface area (Å²) >= 11 is 0. The van der Waals surface area contributed by atoms with Crippen molar-refractivity contribution < 1.29 is 80.2 Å². The number of carbonyl (C=O) groups is 4. The van der Waals surface area contributed by atoms with Crippen LogP contribution in [0.2, 0.25) is 0 Å². The monoisotopic (exact) mass is 1230 g/mol. The van der Waals surface area contributed by atoms with Crippen LogP contribution in [0, 0.1) is 23.7 Å². The van der Waals surface area contributed by atoms with Crippen LogP contribution in [-0.4, -0.2) is 96.7 Å². The molecular formula is C64H124O17P2. The van der Waals surface area contributed by atoms with Crippen molar-refractivity contribution >= 4 is 39.5 Å². The molecule has 492 valence electrons. The van der Waals surface area contributed by atoms with Crippen molar-refractivity contribution in [3.05, 3.63) is 0 Å². The van der Waals surface area contributed by atoms with Crippen molar-refractivity contribution in [3.63, 3.8) is 0 Å². The quantitative estimate of drug-likeness (QED) is 0.0222. The Morgan fingerprint density at radius 2 is 0.578 bits per heavy atom. The number of aliphatic hydroxyl groups is 1. The third-order valence-electron chi connectivity index (χ3n) is 14.9. The molecule has 6 atom stereocenters. The molecule has 19 heteroatoms. The molecule has 3 unspecified atom stereocenters. The van der Waals surface area contributed by atoms with Crippen LogP contribution in [0.25, 0.3) is 0 Å². The molecule has 83 heavy (non-hydrogen) atoms. The second-order valence-electron chi connectivity index (χ2n) is 24.8. The molecule has 0 aliphatic rings. The zero-order valence-corrected chi connectivity index (χ0v) is 55.6. The van der Waals surface area contributed by atoms with E-state index in [1.807, 2.05) is 0 Å². The molecular weight excluding hydrogens is 1100 g/mol. The summed E-state index contributed by atoms with van der Waals surface area (Å²) in [6.07, 6.45) is 33.7. The maximum atomic E-state index is 13.0. The van der Waals surface area contributed by atoms with E-state index in [0.717, 1.165) is 115 Å². The maximum Gasteiger partial charge on any atom is 0.472 e. The first kappa shape index (κ1) is 81.1. The predicted molar refractivity (Wildman–Crippen MR) is 331 cm³/mol. The normalized spacial score (nSPS) is 14.8.